The Labute approximate surface area is 115 Å². The van der Waals surface area contributed by atoms with Gasteiger partial charge < -0.3 is 10.2 Å². The molecule has 2 N–H and O–H groups in total. The SMILES string of the molecule is CCCCCc1cc(O)c(CCCCCl)c(O)c1. The molecule has 3 heteroatoms. The van der Waals surface area contributed by atoms with Gasteiger partial charge in [-0.3, -0.25) is 0 Å². The molecule has 0 heterocycles. The van der Waals surface area contributed by atoms with Crippen LogP contribution < -0.4 is 0 Å². The van der Waals surface area contributed by atoms with Gasteiger partial charge >= 0.3 is 0 Å². The first-order valence-corrected chi connectivity index (χ1v) is 7.32. The molecule has 0 atom stereocenters. The van der Waals surface area contributed by atoms with E-state index in [4.69, 9.17) is 11.6 Å². The quantitative estimate of drug-likeness (QED) is 0.543. The van der Waals surface area contributed by atoms with Gasteiger partial charge in [0.25, 0.3) is 0 Å². The molecule has 0 saturated heterocycles. The van der Waals surface area contributed by atoms with Gasteiger partial charge in [0, 0.05) is 11.4 Å². The Morgan fingerprint density at radius 1 is 0.944 bits per heavy atom. The molecule has 0 fully saturated rings. The second-order valence-electron chi connectivity index (χ2n) is 4.72. The molecule has 0 aliphatic rings. The Balaban J connectivity index is 2.65. The predicted octanol–water partition coefficient (Wildman–Crippen LogP) is 4.39. The van der Waals surface area contributed by atoms with Crippen LogP contribution in [0.15, 0.2) is 12.1 Å². The van der Waals surface area contributed by atoms with E-state index in [2.05, 4.69) is 6.92 Å². The lowest BCUT2D eigenvalue weighted by Gasteiger charge is -2.10. The van der Waals surface area contributed by atoms with Crippen molar-refractivity contribution in [2.75, 3.05) is 5.88 Å². The van der Waals surface area contributed by atoms with E-state index in [0.717, 1.165) is 31.2 Å². The zero-order valence-electron chi connectivity index (χ0n) is 11.1. The van der Waals surface area contributed by atoms with E-state index in [0.29, 0.717) is 17.9 Å². The molecule has 18 heavy (non-hydrogen) atoms. The summed E-state index contributed by atoms with van der Waals surface area (Å²) >= 11 is 5.62. The Kier molecular flexibility index (Phi) is 6.96. The number of halogens is 1. The number of alkyl halides is 1. The first-order chi connectivity index (χ1) is 8.69. The summed E-state index contributed by atoms with van der Waals surface area (Å²) in [4.78, 5) is 0. The van der Waals surface area contributed by atoms with E-state index in [9.17, 15) is 10.2 Å². The normalized spacial score (nSPS) is 10.8. The summed E-state index contributed by atoms with van der Waals surface area (Å²) in [5.41, 5.74) is 1.67. The average molecular weight is 271 g/mol. The summed E-state index contributed by atoms with van der Waals surface area (Å²) in [6.45, 7) is 2.16. The molecule has 1 rings (SSSR count). The third kappa shape index (κ3) is 4.77. The van der Waals surface area contributed by atoms with Crippen molar-refractivity contribution in [1.82, 2.24) is 0 Å². The fraction of sp³-hybridized carbons (Fsp3) is 0.600. The van der Waals surface area contributed by atoms with Gasteiger partial charge in [0.1, 0.15) is 11.5 Å². The van der Waals surface area contributed by atoms with Gasteiger partial charge in [-0.05, 0) is 49.8 Å². The second-order valence-corrected chi connectivity index (χ2v) is 5.09. The van der Waals surface area contributed by atoms with Crippen molar-refractivity contribution in [2.45, 2.75) is 51.9 Å². The molecule has 0 aromatic heterocycles. The number of hydrogen-bond acceptors (Lipinski definition) is 2. The van der Waals surface area contributed by atoms with Crippen LogP contribution in [0.3, 0.4) is 0 Å². The molecule has 0 aliphatic carbocycles. The number of aromatic hydroxyl groups is 2. The lowest BCUT2D eigenvalue weighted by molar-refractivity contribution is 0.435. The minimum atomic E-state index is 0.219. The van der Waals surface area contributed by atoms with Crippen LogP contribution in [-0.4, -0.2) is 16.1 Å². The highest BCUT2D eigenvalue weighted by atomic mass is 35.5. The lowest BCUT2D eigenvalue weighted by Crippen LogP contribution is -1.92. The Bertz CT molecular complexity index is 341. The lowest BCUT2D eigenvalue weighted by atomic mass is 10.0. The van der Waals surface area contributed by atoms with Crippen LogP contribution in [0.5, 0.6) is 11.5 Å². The van der Waals surface area contributed by atoms with Gasteiger partial charge in [0.2, 0.25) is 0 Å². The minimum Gasteiger partial charge on any atom is -0.508 e. The van der Waals surface area contributed by atoms with Gasteiger partial charge in [-0.25, -0.2) is 0 Å². The second kappa shape index (κ2) is 8.25. The Hall–Kier alpha value is -0.890. The van der Waals surface area contributed by atoms with Crippen LogP contribution in [-0.2, 0) is 12.8 Å². The highest BCUT2D eigenvalue weighted by Gasteiger charge is 2.09. The van der Waals surface area contributed by atoms with Gasteiger partial charge in [0.15, 0.2) is 0 Å². The van der Waals surface area contributed by atoms with E-state index < -0.39 is 0 Å². The summed E-state index contributed by atoms with van der Waals surface area (Å²) in [6, 6.07) is 3.57. The number of phenolic OH excluding ortho intramolecular Hbond substituents is 2. The standard InChI is InChI=1S/C15H23ClO2/c1-2-3-4-7-12-10-14(17)13(15(18)11-12)8-5-6-9-16/h10-11,17-18H,2-9H2,1H3. The third-order valence-corrected chi connectivity index (χ3v) is 3.41. The maximum atomic E-state index is 9.94. The van der Waals surface area contributed by atoms with Crippen molar-refractivity contribution in [1.29, 1.82) is 0 Å². The summed E-state index contributed by atoms with van der Waals surface area (Å²) in [6.07, 6.45) is 6.84. The van der Waals surface area contributed by atoms with Crippen LogP contribution in [0.2, 0.25) is 0 Å². The molecule has 0 unspecified atom stereocenters. The molecule has 0 radical (unpaired) electrons. The Morgan fingerprint density at radius 2 is 1.56 bits per heavy atom. The zero-order valence-corrected chi connectivity index (χ0v) is 11.8. The number of benzene rings is 1. The van der Waals surface area contributed by atoms with Crippen molar-refractivity contribution in [3.8, 4) is 11.5 Å². The van der Waals surface area contributed by atoms with Gasteiger partial charge in [-0.15, -0.1) is 11.6 Å². The first kappa shape index (κ1) is 15.2. The molecule has 2 nitrogen and oxygen atoms in total. The number of hydrogen-bond donors (Lipinski definition) is 2. The number of unbranched alkanes of at least 4 members (excludes halogenated alkanes) is 3. The number of rotatable bonds is 8. The maximum absolute atomic E-state index is 9.94. The summed E-state index contributed by atoms with van der Waals surface area (Å²) in [7, 11) is 0. The fourth-order valence-corrected chi connectivity index (χ4v) is 2.26. The van der Waals surface area contributed by atoms with Crippen molar-refractivity contribution < 1.29 is 10.2 Å². The number of phenols is 2. The molecule has 0 amide bonds. The van der Waals surface area contributed by atoms with Gasteiger partial charge in [-0.2, -0.15) is 0 Å². The molecule has 0 spiro atoms. The van der Waals surface area contributed by atoms with E-state index in [-0.39, 0.29) is 11.5 Å². The van der Waals surface area contributed by atoms with Crippen LogP contribution in [0, 0.1) is 0 Å². The molecule has 1 aromatic rings. The molecule has 0 saturated carbocycles. The van der Waals surface area contributed by atoms with Crippen LogP contribution in [0.4, 0.5) is 0 Å². The largest absolute Gasteiger partial charge is 0.508 e. The highest BCUT2D eigenvalue weighted by Crippen LogP contribution is 2.31. The summed E-state index contributed by atoms with van der Waals surface area (Å²) in [5.74, 6) is 1.06. The molecule has 1 aromatic carbocycles. The predicted molar refractivity (Wildman–Crippen MR) is 76.7 cm³/mol. The van der Waals surface area contributed by atoms with Crippen LogP contribution in [0.25, 0.3) is 0 Å². The zero-order chi connectivity index (χ0) is 13.4. The van der Waals surface area contributed by atoms with E-state index in [1.54, 1.807) is 12.1 Å². The van der Waals surface area contributed by atoms with Gasteiger partial charge in [-0.1, -0.05) is 19.8 Å². The third-order valence-electron chi connectivity index (χ3n) is 3.14. The van der Waals surface area contributed by atoms with Gasteiger partial charge in [0.05, 0.1) is 0 Å². The molecule has 0 bridgehead atoms. The van der Waals surface area contributed by atoms with Crippen LogP contribution in [0.1, 0.15) is 50.2 Å². The monoisotopic (exact) mass is 270 g/mol. The summed E-state index contributed by atoms with van der Waals surface area (Å²) < 4.78 is 0. The van der Waals surface area contributed by atoms with Crippen molar-refractivity contribution in [3.63, 3.8) is 0 Å². The minimum absolute atomic E-state index is 0.219. The highest BCUT2D eigenvalue weighted by molar-refractivity contribution is 6.17. The smallest absolute Gasteiger partial charge is 0.122 e. The van der Waals surface area contributed by atoms with Crippen molar-refractivity contribution >= 4 is 11.6 Å². The molecular weight excluding hydrogens is 248 g/mol. The van der Waals surface area contributed by atoms with Crippen molar-refractivity contribution in [2.24, 2.45) is 0 Å². The van der Waals surface area contributed by atoms with E-state index in [1.165, 1.54) is 12.8 Å². The maximum Gasteiger partial charge on any atom is 0.122 e. The molecular formula is C15H23ClO2. The topological polar surface area (TPSA) is 40.5 Å². The fourth-order valence-electron chi connectivity index (χ4n) is 2.07. The molecule has 102 valence electrons. The number of aryl methyl sites for hydroxylation is 1. The molecule has 0 aliphatic heterocycles. The first-order valence-electron chi connectivity index (χ1n) is 6.78. The van der Waals surface area contributed by atoms with Crippen LogP contribution >= 0.6 is 11.6 Å². The summed E-state index contributed by atoms with van der Waals surface area (Å²) in [5, 5.41) is 19.9. The van der Waals surface area contributed by atoms with Crippen molar-refractivity contribution in [3.05, 3.63) is 23.3 Å². The average Bonchev–Trinajstić information content (AvgIpc) is 2.33. The Morgan fingerprint density at radius 3 is 2.11 bits per heavy atom. The van der Waals surface area contributed by atoms with E-state index >= 15 is 0 Å². The van der Waals surface area contributed by atoms with E-state index in [1.807, 2.05) is 0 Å².